The van der Waals surface area contributed by atoms with E-state index in [-0.39, 0.29) is 6.61 Å². The number of fused-ring (bicyclic) bond motifs is 1. The molecule has 1 nitrogen and oxygen atoms in total. The zero-order valence-corrected chi connectivity index (χ0v) is 13.4. The number of rotatable bonds is 5. The van der Waals surface area contributed by atoms with Crippen molar-refractivity contribution in [2.24, 2.45) is 5.92 Å². The molecule has 110 valence electrons. The molecule has 0 spiro atoms. The molecule has 0 saturated carbocycles. The van der Waals surface area contributed by atoms with Crippen molar-refractivity contribution in [2.45, 2.75) is 23.7 Å². The average Bonchev–Trinajstić information content (AvgIpc) is 2.90. The van der Waals surface area contributed by atoms with Gasteiger partial charge in [0, 0.05) is 22.3 Å². The number of thioether (sulfide) groups is 1. The molecule has 2 aromatic carbocycles. The first-order chi connectivity index (χ1) is 10.3. The van der Waals surface area contributed by atoms with Crippen molar-refractivity contribution in [3.05, 3.63) is 64.7 Å². The van der Waals surface area contributed by atoms with Crippen LogP contribution in [0.4, 0.5) is 0 Å². The van der Waals surface area contributed by atoms with Gasteiger partial charge in [0.15, 0.2) is 0 Å². The summed E-state index contributed by atoms with van der Waals surface area (Å²) in [5, 5.41) is 10.5. The van der Waals surface area contributed by atoms with Crippen LogP contribution in [0.3, 0.4) is 0 Å². The lowest BCUT2D eigenvalue weighted by molar-refractivity contribution is 0.212. The third kappa shape index (κ3) is 3.63. The molecule has 2 aromatic rings. The fraction of sp³-hybridized carbons (Fsp3) is 0.333. The third-order valence-corrected chi connectivity index (χ3v) is 5.58. The van der Waals surface area contributed by atoms with E-state index < -0.39 is 0 Å². The molecule has 0 radical (unpaired) electrons. The van der Waals surface area contributed by atoms with Crippen LogP contribution in [0.2, 0.25) is 5.02 Å². The summed E-state index contributed by atoms with van der Waals surface area (Å²) in [6.45, 7) is 0.232. The van der Waals surface area contributed by atoms with Crippen LogP contribution in [0.25, 0.3) is 0 Å². The monoisotopic (exact) mass is 318 g/mol. The molecule has 2 unspecified atom stereocenters. The van der Waals surface area contributed by atoms with Crippen LogP contribution in [0.5, 0.6) is 0 Å². The van der Waals surface area contributed by atoms with Gasteiger partial charge in [-0.25, -0.2) is 0 Å². The Labute approximate surface area is 135 Å². The van der Waals surface area contributed by atoms with E-state index in [0.29, 0.717) is 11.8 Å². The summed E-state index contributed by atoms with van der Waals surface area (Å²) in [4.78, 5) is 1.40. The number of benzene rings is 2. The van der Waals surface area contributed by atoms with Gasteiger partial charge in [0.25, 0.3) is 0 Å². The van der Waals surface area contributed by atoms with Gasteiger partial charge >= 0.3 is 0 Å². The maximum Gasteiger partial charge on any atom is 0.0462 e. The van der Waals surface area contributed by atoms with E-state index in [1.807, 2.05) is 30.0 Å². The summed E-state index contributed by atoms with van der Waals surface area (Å²) >= 11 is 7.98. The van der Waals surface area contributed by atoms with Crippen molar-refractivity contribution >= 4 is 23.4 Å². The summed E-state index contributed by atoms with van der Waals surface area (Å²) in [5.74, 6) is 1.98. The Hall–Kier alpha value is -0.960. The van der Waals surface area contributed by atoms with Crippen LogP contribution >= 0.6 is 23.4 Å². The molecule has 0 bridgehead atoms. The second kappa shape index (κ2) is 6.87. The highest BCUT2D eigenvalue weighted by atomic mass is 35.5. The van der Waals surface area contributed by atoms with E-state index >= 15 is 0 Å². The normalized spacial score (nSPS) is 18.5. The van der Waals surface area contributed by atoms with Gasteiger partial charge in [-0.15, -0.1) is 11.8 Å². The van der Waals surface area contributed by atoms with E-state index in [4.69, 9.17) is 11.6 Å². The Kier molecular flexibility index (Phi) is 4.89. The zero-order chi connectivity index (χ0) is 14.7. The first-order valence-electron chi connectivity index (χ1n) is 7.33. The molecule has 1 aliphatic rings. The molecule has 0 amide bonds. The molecule has 0 aliphatic carbocycles. The predicted molar refractivity (Wildman–Crippen MR) is 90.3 cm³/mol. The van der Waals surface area contributed by atoms with Crippen molar-refractivity contribution < 1.29 is 5.11 Å². The maximum absolute atomic E-state index is 9.73. The lowest BCUT2D eigenvalue weighted by Crippen LogP contribution is -2.14. The molecule has 1 heterocycles. The standard InChI is InChI=1S/C18H19ClOS/c19-16-5-3-4-13(10-16)8-14(11-20)9-15-12-21-18-7-2-1-6-17(15)18/h1-7,10,14-15,20H,8-9,11-12H2. The molecule has 21 heavy (non-hydrogen) atoms. The zero-order valence-electron chi connectivity index (χ0n) is 11.8. The van der Waals surface area contributed by atoms with Crippen LogP contribution in [-0.2, 0) is 6.42 Å². The minimum Gasteiger partial charge on any atom is -0.396 e. The molecular weight excluding hydrogens is 300 g/mol. The van der Waals surface area contributed by atoms with Gasteiger partial charge in [-0.1, -0.05) is 41.9 Å². The summed E-state index contributed by atoms with van der Waals surface area (Å²) in [6, 6.07) is 16.6. The molecule has 0 aromatic heterocycles. The Balaban J connectivity index is 1.68. The van der Waals surface area contributed by atoms with Gasteiger partial charge in [-0.05, 0) is 54.0 Å². The van der Waals surface area contributed by atoms with Crippen LogP contribution < -0.4 is 0 Å². The molecule has 0 fully saturated rings. The topological polar surface area (TPSA) is 20.2 Å². The quantitative estimate of drug-likeness (QED) is 0.857. The largest absolute Gasteiger partial charge is 0.396 e. The van der Waals surface area contributed by atoms with Crippen molar-refractivity contribution in [1.29, 1.82) is 0 Å². The fourth-order valence-corrected chi connectivity index (χ4v) is 4.53. The van der Waals surface area contributed by atoms with Crippen molar-refractivity contribution in [3.8, 4) is 0 Å². The minimum atomic E-state index is 0.232. The Morgan fingerprint density at radius 2 is 2.05 bits per heavy atom. The van der Waals surface area contributed by atoms with Crippen LogP contribution in [0.1, 0.15) is 23.5 Å². The number of hydrogen-bond donors (Lipinski definition) is 1. The summed E-state index contributed by atoms with van der Waals surface area (Å²) in [7, 11) is 0. The summed E-state index contributed by atoms with van der Waals surface area (Å²) < 4.78 is 0. The third-order valence-electron chi connectivity index (χ3n) is 4.09. The molecule has 0 saturated heterocycles. The average molecular weight is 319 g/mol. The van der Waals surface area contributed by atoms with Gasteiger partial charge in [0.2, 0.25) is 0 Å². The highest BCUT2D eigenvalue weighted by Crippen LogP contribution is 2.42. The molecule has 2 atom stereocenters. The SMILES string of the molecule is OCC(Cc1cccc(Cl)c1)CC1CSc2ccccc21. The van der Waals surface area contributed by atoms with E-state index in [1.54, 1.807) is 0 Å². The first-order valence-corrected chi connectivity index (χ1v) is 8.69. The van der Waals surface area contributed by atoms with Crippen molar-refractivity contribution in [2.75, 3.05) is 12.4 Å². The number of halogens is 1. The number of aliphatic hydroxyl groups excluding tert-OH is 1. The van der Waals surface area contributed by atoms with Gasteiger partial charge in [0.05, 0.1) is 0 Å². The minimum absolute atomic E-state index is 0.232. The number of hydrogen-bond acceptors (Lipinski definition) is 2. The van der Waals surface area contributed by atoms with E-state index in [0.717, 1.165) is 23.6 Å². The molecule has 1 aliphatic heterocycles. The Morgan fingerprint density at radius 1 is 1.19 bits per heavy atom. The van der Waals surface area contributed by atoms with Crippen molar-refractivity contribution in [3.63, 3.8) is 0 Å². The van der Waals surface area contributed by atoms with E-state index in [9.17, 15) is 5.11 Å². The summed E-state index contributed by atoms with van der Waals surface area (Å²) in [5.41, 5.74) is 2.66. The predicted octanol–water partition coefficient (Wildman–Crippen LogP) is 4.77. The fourth-order valence-electron chi connectivity index (χ4n) is 3.05. The van der Waals surface area contributed by atoms with Gasteiger partial charge in [0.1, 0.15) is 0 Å². The smallest absolute Gasteiger partial charge is 0.0462 e. The highest BCUT2D eigenvalue weighted by molar-refractivity contribution is 7.99. The van der Waals surface area contributed by atoms with Crippen LogP contribution in [-0.4, -0.2) is 17.5 Å². The van der Waals surface area contributed by atoms with Crippen molar-refractivity contribution in [1.82, 2.24) is 0 Å². The van der Waals surface area contributed by atoms with Gasteiger partial charge in [-0.2, -0.15) is 0 Å². The molecular formula is C18H19ClOS. The molecule has 3 heteroatoms. The molecule has 3 rings (SSSR count). The second-order valence-corrected chi connectivity index (χ2v) is 7.16. The second-order valence-electron chi connectivity index (χ2n) is 5.66. The van der Waals surface area contributed by atoms with Crippen LogP contribution in [0, 0.1) is 5.92 Å². The van der Waals surface area contributed by atoms with Gasteiger partial charge < -0.3 is 5.11 Å². The maximum atomic E-state index is 9.73. The lowest BCUT2D eigenvalue weighted by Gasteiger charge is -2.19. The first kappa shape index (κ1) is 15.0. The van der Waals surface area contributed by atoms with E-state index in [2.05, 4.69) is 30.3 Å². The highest BCUT2D eigenvalue weighted by Gasteiger charge is 2.25. The molecule has 1 N–H and O–H groups in total. The van der Waals surface area contributed by atoms with Gasteiger partial charge in [-0.3, -0.25) is 0 Å². The van der Waals surface area contributed by atoms with E-state index in [1.165, 1.54) is 16.0 Å². The van der Waals surface area contributed by atoms with Crippen LogP contribution in [0.15, 0.2) is 53.4 Å². The summed E-state index contributed by atoms with van der Waals surface area (Å²) in [6.07, 6.45) is 1.92. The lowest BCUT2D eigenvalue weighted by atomic mass is 9.87. The number of aliphatic hydroxyl groups is 1. The Bertz CT molecular complexity index is 614. The Morgan fingerprint density at radius 3 is 2.86 bits per heavy atom.